The van der Waals surface area contributed by atoms with Crippen LogP contribution in [0.1, 0.15) is 24.8 Å². The predicted octanol–water partition coefficient (Wildman–Crippen LogP) is 3.30. The van der Waals surface area contributed by atoms with E-state index < -0.39 is 11.7 Å². The summed E-state index contributed by atoms with van der Waals surface area (Å²) in [4.78, 5) is 0. The largest absolute Gasteiger partial charge is 0.421 e. The minimum Gasteiger partial charge on any atom is -0.421 e. The third-order valence-electron chi connectivity index (χ3n) is 2.85. The smallest absolute Gasteiger partial charge is 0.416 e. The zero-order valence-electron chi connectivity index (χ0n) is 11.6. The molecule has 0 fully saturated rings. The van der Waals surface area contributed by atoms with E-state index in [1.165, 1.54) is 12.1 Å². The third-order valence-corrected chi connectivity index (χ3v) is 2.85. The number of hydrogen-bond acceptors (Lipinski definition) is 4. The minimum absolute atomic E-state index is 0.103. The van der Waals surface area contributed by atoms with E-state index in [1.54, 1.807) is 0 Å². The highest BCUT2D eigenvalue weighted by Gasteiger charge is 2.30. The zero-order valence-corrected chi connectivity index (χ0v) is 11.6. The molecule has 0 saturated carbocycles. The lowest BCUT2D eigenvalue weighted by Crippen LogP contribution is -2.17. The third kappa shape index (κ3) is 4.29. The second kappa shape index (κ2) is 6.71. The Morgan fingerprint density at radius 2 is 2.00 bits per heavy atom. The van der Waals surface area contributed by atoms with Crippen molar-refractivity contribution in [1.82, 2.24) is 15.5 Å². The molecule has 1 aromatic carbocycles. The van der Waals surface area contributed by atoms with Gasteiger partial charge in [0.15, 0.2) is 0 Å². The first-order valence-corrected chi connectivity index (χ1v) is 6.71. The molecule has 1 aromatic heterocycles. The number of nitrogens with one attached hydrogen (secondary N) is 1. The number of alkyl halides is 3. The van der Waals surface area contributed by atoms with Crippen molar-refractivity contribution in [2.24, 2.45) is 0 Å². The molecule has 1 N–H and O–H groups in total. The standard InChI is InChI=1S/C14H16F3N3O/c1-2-7-18-8-6-12-19-20-13(21-12)10-4-3-5-11(9-10)14(15,16)17/h3-5,9,18H,2,6-8H2,1H3. The average Bonchev–Trinajstić information content (AvgIpc) is 2.92. The molecular weight excluding hydrogens is 283 g/mol. The van der Waals surface area contributed by atoms with Crippen LogP contribution in [0.4, 0.5) is 13.2 Å². The molecular formula is C14H16F3N3O. The molecule has 0 amide bonds. The Morgan fingerprint density at radius 3 is 2.71 bits per heavy atom. The van der Waals surface area contributed by atoms with E-state index in [-0.39, 0.29) is 11.5 Å². The summed E-state index contributed by atoms with van der Waals surface area (Å²) in [5.74, 6) is 0.512. The Bertz CT molecular complexity index is 581. The van der Waals surface area contributed by atoms with E-state index in [2.05, 4.69) is 22.4 Å². The van der Waals surface area contributed by atoms with Crippen LogP contribution in [-0.2, 0) is 12.6 Å². The summed E-state index contributed by atoms with van der Waals surface area (Å²) >= 11 is 0. The fourth-order valence-electron chi connectivity index (χ4n) is 1.80. The molecule has 0 unspecified atom stereocenters. The molecule has 0 bridgehead atoms. The van der Waals surface area contributed by atoms with Gasteiger partial charge >= 0.3 is 6.18 Å². The van der Waals surface area contributed by atoms with Gasteiger partial charge in [-0.15, -0.1) is 10.2 Å². The molecule has 0 spiro atoms. The summed E-state index contributed by atoms with van der Waals surface area (Å²) in [6, 6.07) is 4.86. The Morgan fingerprint density at radius 1 is 1.19 bits per heavy atom. The first-order valence-electron chi connectivity index (χ1n) is 6.71. The Labute approximate surface area is 120 Å². The Hall–Kier alpha value is -1.89. The second-order valence-electron chi connectivity index (χ2n) is 4.58. The van der Waals surface area contributed by atoms with Crippen LogP contribution in [0.15, 0.2) is 28.7 Å². The normalized spacial score (nSPS) is 11.8. The molecule has 1 heterocycles. The highest BCUT2D eigenvalue weighted by Crippen LogP contribution is 2.31. The number of nitrogens with zero attached hydrogens (tertiary/aromatic N) is 2. The van der Waals surface area contributed by atoms with Gasteiger partial charge in [0.25, 0.3) is 0 Å². The molecule has 0 aliphatic rings. The molecule has 21 heavy (non-hydrogen) atoms. The summed E-state index contributed by atoms with van der Waals surface area (Å²) in [6.07, 6.45) is -2.81. The molecule has 0 radical (unpaired) electrons. The van der Waals surface area contributed by atoms with E-state index >= 15 is 0 Å². The van der Waals surface area contributed by atoms with Crippen molar-refractivity contribution >= 4 is 0 Å². The second-order valence-corrected chi connectivity index (χ2v) is 4.58. The van der Waals surface area contributed by atoms with E-state index in [4.69, 9.17) is 4.42 Å². The molecule has 2 aromatic rings. The average molecular weight is 299 g/mol. The summed E-state index contributed by atoms with van der Waals surface area (Å²) in [7, 11) is 0. The monoisotopic (exact) mass is 299 g/mol. The highest BCUT2D eigenvalue weighted by molar-refractivity contribution is 5.54. The van der Waals surface area contributed by atoms with Gasteiger partial charge < -0.3 is 9.73 Å². The quantitative estimate of drug-likeness (QED) is 0.832. The van der Waals surface area contributed by atoms with Gasteiger partial charge in [0.05, 0.1) is 5.56 Å². The van der Waals surface area contributed by atoms with Crippen molar-refractivity contribution in [2.75, 3.05) is 13.1 Å². The van der Waals surface area contributed by atoms with E-state index in [1.807, 2.05) is 0 Å². The fourth-order valence-corrected chi connectivity index (χ4v) is 1.80. The van der Waals surface area contributed by atoms with Crippen LogP contribution in [0.5, 0.6) is 0 Å². The maximum Gasteiger partial charge on any atom is 0.416 e. The van der Waals surface area contributed by atoms with Crippen LogP contribution in [0.2, 0.25) is 0 Å². The van der Waals surface area contributed by atoms with Gasteiger partial charge in [-0.3, -0.25) is 0 Å². The molecule has 7 heteroatoms. The minimum atomic E-state index is -4.39. The number of hydrogen-bond donors (Lipinski definition) is 1. The number of halogens is 3. The topological polar surface area (TPSA) is 51.0 Å². The van der Waals surface area contributed by atoms with Gasteiger partial charge in [0.1, 0.15) is 0 Å². The molecule has 0 saturated heterocycles. The number of rotatable bonds is 6. The van der Waals surface area contributed by atoms with Crippen molar-refractivity contribution in [1.29, 1.82) is 0 Å². The lowest BCUT2D eigenvalue weighted by atomic mass is 10.1. The van der Waals surface area contributed by atoms with Crippen molar-refractivity contribution < 1.29 is 17.6 Å². The summed E-state index contributed by atoms with van der Waals surface area (Å²) in [6.45, 7) is 3.65. The van der Waals surface area contributed by atoms with Gasteiger partial charge in [-0.05, 0) is 31.2 Å². The van der Waals surface area contributed by atoms with Gasteiger partial charge in [0.2, 0.25) is 11.8 Å². The Kier molecular flexibility index (Phi) is 4.95. The highest BCUT2D eigenvalue weighted by atomic mass is 19.4. The Balaban J connectivity index is 2.07. The first-order chi connectivity index (χ1) is 10.0. The van der Waals surface area contributed by atoms with Crippen LogP contribution in [0, 0.1) is 0 Å². The van der Waals surface area contributed by atoms with E-state index in [0.717, 1.165) is 25.1 Å². The first kappa shape index (κ1) is 15.5. The van der Waals surface area contributed by atoms with Gasteiger partial charge in [-0.1, -0.05) is 13.0 Å². The van der Waals surface area contributed by atoms with E-state index in [0.29, 0.717) is 18.9 Å². The molecule has 0 aliphatic heterocycles. The number of aromatic nitrogens is 2. The van der Waals surface area contributed by atoms with Crippen LogP contribution in [0.25, 0.3) is 11.5 Å². The van der Waals surface area contributed by atoms with Crippen LogP contribution in [0.3, 0.4) is 0 Å². The van der Waals surface area contributed by atoms with Gasteiger partial charge in [-0.2, -0.15) is 13.2 Å². The van der Waals surface area contributed by atoms with Crippen molar-refractivity contribution in [2.45, 2.75) is 25.9 Å². The van der Waals surface area contributed by atoms with Crippen molar-refractivity contribution in [3.05, 3.63) is 35.7 Å². The van der Waals surface area contributed by atoms with Crippen LogP contribution in [-0.4, -0.2) is 23.3 Å². The summed E-state index contributed by atoms with van der Waals surface area (Å²) in [5.41, 5.74) is -0.463. The molecule has 0 atom stereocenters. The molecule has 114 valence electrons. The maximum atomic E-state index is 12.7. The maximum absolute atomic E-state index is 12.7. The SMILES string of the molecule is CCCNCCc1nnc(-c2cccc(C(F)(F)F)c2)o1. The van der Waals surface area contributed by atoms with Crippen LogP contribution < -0.4 is 5.32 Å². The number of benzene rings is 1. The van der Waals surface area contributed by atoms with Crippen molar-refractivity contribution in [3.63, 3.8) is 0 Å². The lowest BCUT2D eigenvalue weighted by molar-refractivity contribution is -0.137. The van der Waals surface area contributed by atoms with Crippen LogP contribution >= 0.6 is 0 Å². The molecule has 4 nitrogen and oxygen atoms in total. The molecule has 0 aliphatic carbocycles. The zero-order chi connectivity index (χ0) is 15.3. The lowest BCUT2D eigenvalue weighted by Gasteiger charge is -2.06. The van der Waals surface area contributed by atoms with Gasteiger partial charge in [-0.25, -0.2) is 0 Å². The summed E-state index contributed by atoms with van der Waals surface area (Å²) in [5, 5.41) is 10.8. The van der Waals surface area contributed by atoms with E-state index in [9.17, 15) is 13.2 Å². The molecule has 2 rings (SSSR count). The summed E-state index contributed by atoms with van der Waals surface area (Å²) < 4.78 is 43.3. The fraction of sp³-hybridized carbons (Fsp3) is 0.429. The van der Waals surface area contributed by atoms with Gasteiger partial charge in [0, 0.05) is 18.5 Å². The predicted molar refractivity (Wildman–Crippen MR) is 71.6 cm³/mol. The van der Waals surface area contributed by atoms with Crippen molar-refractivity contribution in [3.8, 4) is 11.5 Å².